The number of benzene rings is 2. The molecule has 3 rings (SSSR count). The molecule has 0 spiro atoms. The first kappa shape index (κ1) is 23.9. The Morgan fingerprint density at radius 1 is 1.16 bits per heavy atom. The molecule has 0 aromatic heterocycles. The topological polar surface area (TPSA) is 92.8 Å². The second kappa shape index (κ2) is 9.79. The molecule has 32 heavy (non-hydrogen) atoms. The molecule has 0 aliphatic carbocycles. The van der Waals surface area contributed by atoms with Crippen molar-refractivity contribution in [2.75, 3.05) is 13.7 Å². The number of nitrogens with one attached hydrogen (secondary N) is 1. The number of hydrogen-bond donors (Lipinski definition) is 1. The van der Waals surface area contributed by atoms with Crippen molar-refractivity contribution < 1.29 is 27.1 Å². The largest absolute Gasteiger partial charge is 0.494 e. The van der Waals surface area contributed by atoms with Crippen molar-refractivity contribution in [1.29, 1.82) is 0 Å². The highest BCUT2D eigenvalue weighted by atomic mass is 32.2. The van der Waals surface area contributed by atoms with Crippen LogP contribution < -0.4 is 10.1 Å². The quantitative estimate of drug-likeness (QED) is 0.636. The molecule has 2 aromatic carbocycles. The number of halogens is 1. The Labute approximate surface area is 187 Å². The average Bonchev–Trinajstić information content (AvgIpc) is 2.79. The Hall–Kier alpha value is -2.78. The molecule has 1 N–H and O–H groups in total. The van der Waals surface area contributed by atoms with Gasteiger partial charge in [0, 0.05) is 12.1 Å². The summed E-state index contributed by atoms with van der Waals surface area (Å²) in [5.41, 5.74) is 0.958. The second-order valence-corrected chi connectivity index (χ2v) is 9.72. The van der Waals surface area contributed by atoms with E-state index in [1.807, 2.05) is 0 Å². The van der Waals surface area contributed by atoms with Crippen molar-refractivity contribution in [2.45, 2.75) is 50.1 Å². The molecule has 172 valence electrons. The number of carbonyl (C=O) groups excluding carboxylic acids is 2. The fourth-order valence-corrected chi connectivity index (χ4v) is 5.45. The molecular formula is C23H27FN2O5S. The van der Waals surface area contributed by atoms with Crippen LogP contribution in [0.25, 0.3) is 0 Å². The first-order chi connectivity index (χ1) is 15.1. The van der Waals surface area contributed by atoms with Gasteiger partial charge >= 0.3 is 0 Å². The Bertz CT molecular complexity index is 1100. The monoisotopic (exact) mass is 462 g/mol. The van der Waals surface area contributed by atoms with Crippen LogP contribution in [0.3, 0.4) is 0 Å². The third-order valence-electron chi connectivity index (χ3n) is 5.66. The number of hydrogen-bond acceptors (Lipinski definition) is 5. The maximum absolute atomic E-state index is 14.0. The normalized spacial score (nSPS) is 18.1. The van der Waals surface area contributed by atoms with Gasteiger partial charge in [0.2, 0.25) is 15.9 Å². The van der Waals surface area contributed by atoms with E-state index in [2.05, 4.69) is 5.32 Å². The van der Waals surface area contributed by atoms with Crippen LogP contribution in [0.5, 0.6) is 5.75 Å². The Balaban J connectivity index is 1.80. The lowest BCUT2D eigenvalue weighted by atomic mass is 10.0. The van der Waals surface area contributed by atoms with Crippen LogP contribution in [0.4, 0.5) is 4.39 Å². The summed E-state index contributed by atoms with van der Waals surface area (Å²) in [6.45, 7) is 3.34. The number of carbonyl (C=O) groups is 2. The Morgan fingerprint density at radius 3 is 2.44 bits per heavy atom. The number of rotatable bonds is 7. The van der Waals surface area contributed by atoms with Crippen LogP contribution in [0.15, 0.2) is 47.4 Å². The van der Waals surface area contributed by atoms with Crippen LogP contribution in [-0.2, 0) is 14.8 Å². The van der Waals surface area contributed by atoms with Crippen molar-refractivity contribution in [3.8, 4) is 5.75 Å². The third-order valence-corrected chi connectivity index (χ3v) is 7.58. The number of nitrogens with zero attached hydrogens (tertiary/aromatic N) is 1. The van der Waals surface area contributed by atoms with Crippen molar-refractivity contribution in [2.24, 2.45) is 0 Å². The minimum Gasteiger partial charge on any atom is -0.494 e. The standard InChI is InChI=1S/C23H27FN2O5S/c1-15(18-9-12-22(31-3)20(24)14-18)25-23(28)21-6-4-5-13-26(21)32(29,30)19-10-7-17(8-11-19)16(2)27/h7-12,14-15,21H,4-6,13H2,1-3H3,(H,25,28)/t15-,21-/m1/s1. The van der Waals surface area contributed by atoms with E-state index in [9.17, 15) is 22.4 Å². The van der Waals surface area contributed by atoms with Gasteiger partial charge < -0.3 is 10.1 Å². The highest BCUT2D eigenvalue weighted by Gasteiger charge is 2.38. The summed E-state index contributed by atoms with van der Waals surface area (Å²) in [4.78, 5) is 24.6. The Kier molecular flexibility index (Phi) is 7.30. The van der Waals surface area contributed by atoms with Gasteiger partial charge in [-0.3, -0.25) is 9.59 Å². The van der Waals surface area contributed by atoms with Gasteiger partial charge in [-0.1, -0.05) is 24.6 Å². The molecule has 1 aliphatic rings. The third kappa shape index (κ3) is 4.99. The molecule has 9 heteroatoms. The number of Topliss-reactive ketones (excluding diaryl/α,β-unsaturated/α-hetero) is 1. The predicted molar refractivity (Wildman–Crippen MR) is 117 cm³/mol. The van der Waals surface area contributed by atoms with Crippen LogP contribution >= 0.6 is 0 Å². The summed E-state index contributed by atoms with van der Waals surface area (Å²) < 4.78 is 46.7. The van der Waals surface area contributed by atoms with Gasteiger partial charge in [0.25, 0.3) is 0 Å². The van der Waals surface area contributed by atoms with Crippen LogP contribution in [0.1, 0.15) is 55.1 Å². The van der Waals surface area contributed by atoms with Gasteiger partial charge in [-0.25, -0.2) is 12.8 Å². The molecule has 0 radical (unpaired) electrons. The van der Waals surface area contributed by atoms with E-state index >= 15 is 0 Å². The summed E-state index contributed by atoms with van der Waals surface area (Å²) in [6.07, 6.45) is 1.76. The van der Waals surface area contributed by atoms with Gasteiger partial charge in [0.1, 0.15) is 6.04 Å². The van der Waals surface area contributed by atoms with E-state index in [0.717, 1.165) is 6.42 Å². The first-order valence-corrected chi connectivity index (χ1v) is 11.9. The Morgan fingerprint density at radius 2 is 1.84 bits per heavy atom. The second-order valence-electron chi connectivity index (χ2n) is 7.83. The fraction of sp³-hybridized carbons (Fsp3) is 0.391. The summed E-state index contributed by atoms with van der Waals surface area (Å²) in [5, 5.41) is 2.81. The van der Waals surface area contributed by atoms with Gasteiger partial charge in [0.05, 0.1) is 18.0 Å². The lowest BCUT2D eigenvalue weighted by Gasteiger charge is -2.34. The SMILES string of the molecule is COc1ccc([C@@H](C)NC(=O)[C@H]2CCCCN2S(=O)(=O)c2ccc(C(C)=O)cc2)cc1F. The number of ether oxygens (including phenoxy) is 1. The molecule has 1 aliphatic heterocycles. The maximum atomic E-state index is 14.0. The lowest BCUT2D eigenvalue weighted by molar-refractivity contribution is -0.126. The molecule has 1 amide bonds. The molecule has 7 nitrogen and oxygen atoms in total. The number of amides is 1. The molecule has 1 saturated heterocycles. The number of sulfonamides is 1. The van der Waals surface area contributed by atoms with E-state index in [1.54, 1.807) is 13.0 Å². The summed E-state index contributed by atoms with van der Waals surface area (Å²) in [5.74, 6) is -1.03. The molecule has 1 heterocycles. The van der Waals surface area contributed by atoms with Crippen LogP contribution in [0.2, 0.25) is 0 Å². The minimum atomic E-state index is -3.93. The van der Waals surface area contributed by atoms with Crippen molar-refractivity contribution in [1.82, 2.24) is 9.62 Å². The van der Waals surface area contributed by atoms with Gasteiger partial charge in [0.15, 0.2) is 17.3 Å². The molecule has 1 fully saturated rings. The molecule has 0 saturated carbocycles. The van der Waals surface area contributed by atoms with Crippen molar-refractivity contribution in [3.05, 3.63) is 59.4 Å². The summed E-state index contributed by atoms with van der Waals surface area (Å²) in [6, 6.07) is 8.74. The van der Waals surface area contributed by atoms with Crippen LogP contribution in [-0.4, -0.2) is 44.1 Å². The lowest BCUT2D eigenvalue weighted by Crippen LogP contribution is -2.52. The molecule has 0 bridgehead atoms. The van der Waals surface area contributed by atoms with E-state index in [0.29, 0.717) is 24.0 Å². The maximum Gasteiger partial charge on any atom is 0.243 e. The average molecular weight is 463 g/mol. The fourth-order valence-electron chi connectivity index (χ4n) is 3.80. The van der Waals surface area contributed by atoms with Crippen LogP contribution in [0, 0.1) is 5.82 Å². The zero-order valence-electron chi connectivity index (χ0n) is 18.3. The summed E-state index contributed by atoms with van der Waals surface area (Å²) in [7, 11) is -2.56. The molecule has 0 unspecified atom stereocenters. The zero-order chi connectivity index (χ0) is 23.5. The smallest absolute Gasteiger partial charge is 0.243 e. The summed E-state index contributed by atoms with van der Waals surface area (Å²) >= 11 is 0. The van der Waals surface area contributed by atoms with E-state index in [1.165, 1.54) is 54.7 Å². The van der Waals surface area contributed by atoms with E-state index in [-0.39, 0.29) is 23.0 Å². The van der Waals surface area contributed by atoms with E-state index < -0.39 is 33.8 Å². The first-order valence-electron chi connectivity index (χ1n) is 10.4. The van der Waals surface area contributed by atoms with Gasteiger partial charge in [-0.2, -0.15) is 4.31 Å². The number of methoxy groups -OCH3 is 1. The van der Waals surface area contributed by atoms with Crippen molar-refractivity contribution >= 4 is 21.7 Å². The molecule has 2 aromatic rings. The number of piperidine rings is 1. The molecular weight excluding hydrogens is 435 g/mol. The zero-order valence-corrected chi connectivity index (χ0v) is 19.1. The van der Waals surface area contributed by atoms with E-state index in [4.69, 9.17) is 4.74 Å². The van der Waals surface area contributed by atoms with Gasteiger partial charge in [-0.05, 0) is 56.5 Å². The molecule has 2 atom stereocenters. The minimum absolute atomic E-state index is 0.0347. The predicted octanol–water partition coefficient (Wildman–Crippen LogP) is 3.46. The van der Waals surface area contributed by atoms with Crippen molar-refractivity contribution in [3.63, 3.8) is 0 Å². The van der Waals surface area contributed by atoms with Gasteiger partial charge in [-0.15, -0.1) is 0 Å². The highest BCUT2D eigenvalue weighted by Crippen LogP contribution is 2.27. The number of ketones is 1. The highest BCUT2D eigenvalue weighted by molar-refractivity contribution is 7.89.